The summed E-state index contributed by atoms with van der Waals surface area (Å²) in [6.07, 6.45) is -3.30. The van der Waals surface area contributed by atoms with Gasteiger partial charge in [0.05, 0.1) is 22.5 Å². The molecule has 0 aliphatic carbocycles. The number of carboxylic acid groups (broad SMARTS) is 1. The summed E-state index contributed by atoms with van der Waals surface area (Å²) in [5.74, 6) is -1.47. The maximum absolute atomic E-state index is 12.7. The van der Waals surface area contributed by atoms with Crippen LogP contribution in [0.15, 0.2) is 41.5 Å². The van der Waals surface area contributed by atoms with Gasteiger partial charge in [0, 0.05) is 5.56 Å². The van der Waals surface area contributed by atoms with E-state index in [4.69, 9.17) is 14.6 Å². The largest absolute Gasteiger partial charge is 0.493 e. The molecule has 0 saturated carbocycles. The molecule has 0 aliphatic heterocycles. The van der Waals surface area contributed by atoms with Gasteiger partial charge in [-0.05, 0) is 58.5 Å². The number of carbonyl (C=O) groups is 2. The average molecular weight is 522 g/mol. The summed E-state index contributed by atoms with van der Waals surface area (Å²) in [7, 11) is 1.37. The number of nitrogens with zero attached hydrogens (tertiary/aromatic N) is 1. The van der Waals surface area contributed by atoms with Crippen molar-refractivity contribution in [2.45, 2.75) is 6.18 Å². The van der Waals surface area contributed by atoms with Gasteiger partial charge in [-0.25, -0.2) is 10.2 Å². The Morgan fingerprint density at radius 3 is 2.62 bits per heavy atom. The highest BCUT2D eigenvalue weighted by Gasteiger charge is 2.30. The standard InChI is InChI=1S/C18H14F3IN2O5/c1-28-14-6-10(5-13(22)16(14)29-9-15(25)26)8-23-24-17(27)11-3-2-4-12(7-11)18(19,20)21/h2-8H,9H2,1H3,(H,24,27)(H,25,26)/b23-8-. The summed E-state index contributed by atoms with van der Waals surface area (Å²) in [5.41, 5.74) is 1.50. The van der Waals surface area contributed by atoms with Crippen LogP contribution in [-0.4, -0.2) is 36.9 Å². The van der Waals surface area contributed by atoms with Gasteiger partial charge in [-0.2, -0.15) is 18.3 Å². The average Bonchev–Trinajstić information content (AvgIpc) is 2.65. The van der Waals surface area contributed by atoms with Crippen LogP contribution in [0.4, 0.5) is 13.2 Å². The number of nitrogens with one attached hydrogen (secondary N) is 1. The molecule has 0 radical (unpaired) electrons. The summed E-state index contributed by atoms with van der Waals surface area (Å²) in [4.78, 5) is 22.7. The molecule has 1 amide bonds. The Labute approximate surface area is 176 Å². The van der Waals surface area contributed by atoms with Gasteiger partial charge >= 0.3 is 12.1 Å². The number of carbonyl (C=O) groups excluding carboxylic acids is 1. The van der Waals surface area contributed by atoms with Crippen LogP contribution in [0.25, 0.3) is 0 Å². The summed E-state index contributed by atoms with van der Waals surface area (Å²) in [6, 6.07) is 7.05. The van der Waals surface area contributed by atoms with E-state index in [0.717, 1.165) is 18.2 Å². The number of hydrazone groups is 1. The zero-order valence-corrected chi connectivity index (χ0v) is 16.9. The Balaban J connectivity index is 2.13. The fraction of sp³-hybridized carbons (Fsp3) is 0.167. The number of amides is 1. The molecule has 11 heteroatoms. The second-order valence-corrected chi connectivity index (χ2v) is 6.66. The topological polar surface area (TPSA) is 97.2 Å². The molecule has 0 fully saturated rings. The highest BCUT2D eigenvalue weighted by Crippen LogP contribution is 2.33. The van der Waals surface area contributed by atoms with Crippen LogP contribution in [0, 0.1) is 3.57 Å². The predicted octanol–water partition coefficient (Wildman–Crippen LogP) is 3.55. The third-order valence-corrected chi connectivity index (χ3v) is 4.22. The van der Waals surface area contributed by atoms with E-state index in [1.54, 1.807) is 6.07 Å². The van der Waals surface area contributed by atoms with E-state index in [0.29, 0.717) is 9.13 Å². The smallest absolute Gasteiger partial charge is 0.416 e. The molecule has 2 aromatic carbocycles. The first-order valence-corrected chi connectivity index (χ1v) is 8.92. The molecule has 0 heterocycles. The van der Waals surface area contributed by atoms with Crippen LogP contribution in [0.1, 0.15) is 21.5 Å². The Morgan fingerprint density at radius 2 is 2.00 bits per heavy atom. The van der Waals surface area contributed by atoms with Crippen molar-refractivity contribution >= 4 is 40.7 Å². The van der Waals surface area contributed by atoms with Crippen molar-refractivity contribution in [3.05, 3.63) is 56.7 Å². The first-order valence-electron chi connectivity index (χ1n) is 7.84. The minimum absolute atomic E-state index is 0.193. The highest BCUT2D eigenvalue weighted by molar-refractivity contribution is 14.1. The lowest BCUT2D eigenvalue weighted by Gasteiger charge is -2.12. The van der Waals surface area contributed by atoms with E-state index in [2.05, 4.69) is 10.5 Å². The first-order chi connectivity index (χ1) is 13.6. The van der Waals surface area contributed by atoms with E-state index in [1.807, 2.05) is 22.6 Å². The monoisotopic (exact) mass is 522 g/mol. The van der Waals surface area contributed by atoms with Gasteiger partial charge in [-0.1, -0.05) is 6.07 Å². The molecule has 0 atom stereocenters. The molecule has 0 spiro atoms. The number of halogens is 4. The van der Waals surface area contributed by atoms with Crippen LogP contribution in [0.5, 0.6) is 11.5 Å². The second kappa shape index (κ2) is 9.58. The molecular formula is C18H14F3IN2O5. The number of alkyl halides is 3. The van der Waals surface area contributed by atoms with Gasteiger partial charge in [0.15, 0.2) is 18.1 Å². The van der Waals surface area contributed by atoms with E-state index >= 15 is 0 Å². The van der Waals surface area contributed by atoms with Crippen LogP contribution >= 0.6 is 22.6 Å². The molecule has 0 unspecified atom stereocenters. The number of methoxy groups -OCH3 is 1. The van der Waals surface area contributed by atoms with Crippen LogP contribution in [0.2, 0.25) is 0 Å². The SMILES string of the molecule is COc1cc(/C=N\NC(=O)c2cccc(C(F)(F)F)c2)cc(I)c1OCC(=O)O. The molecule has 2 rings (SSSR count). The third kappa shape index (κ3) is 6.34. The van der Waals surface area contributed by atoms with Crippen molar-refractivity contribution in [3.8, 4) is 11.5 Å². The minimum Gasteiger partial charge on any atom is -0.493 e. The number of rotatable bonds is 7. The summed E-state index contributed by atoms with van der Waals surface area (Å²) >= 11 is 1.91. The fourth-order valence-electron chi connectivity index (χ4n) is 2.16. The van der Waals surface area contributed by atoms with Gasteiger partial charge < -0.3 is 14.6 Å². The quantitative estimate of drug-likeness (QED) is 0.330. The lowest BCUT2D eigenvalue weighted by Crippen LogP contribution is -2.18. The van der Waals surface area contributed by atoms with Crippen molar-refractivity contribution in [2.24, 2.45) is 5.10 Å². The van der Waals surface area contributed by atoms with Crippen molar-refractivity contribution in [3.63, 3.8) is 0 Å². The van der Waals surface area contributed by atoms with Crippen molar-refractivity contribution < 1.29 is 37.3 Å². The van der Waals surface area contributed by atoms with Gasteiger partial charge in [0.25, 0.3) is 5.91 Å². The summed E-state index contributed by atoms with van der Waals surface area (Å²) < 4.78 is 49.1. The lowest BCUT2D eigenvalue weighted by molar-refractivity contribution is -0.139. The van der Waals surface area contributed by atoms with Crippen molar-refractivity contribution in [2.75, 3.05) is 13.7 Å². The van der Waals surface area contributed by atoms with Crippen LogP contribution in [0.3, 0.4) is 0 Å². The number of carboxylic acids is 1. The maximum atomic E-state index is 12.7. The molecule has 29 heavy (non-hydrogen) atoms. The summed E-state index contributed by atoms with van der Waals surface area (Å²) in [5, 5.41) is 12.4. The molecule has 0 saturated heterocycles. The molecule has 7 nitrogen and oxygen atoms in total. The van der Waals surface area contributed by atoms with Gasteiger partial charge in [-0.15, -0.1) is 0 Å². The van der Waals surface area contributed by atoms with Gasteiger partial charge in [0.2, 0.25) is 0 Å². The van der Waals surface area contributed by atoms with E-state index < -0.39 is 30.2 Å². The maximum Gasteiger partial charge on any atom is 0.416 e. The molecular weight excluding hydrogens is 508 g/mol. The molecule has 2 N–H and O–H groups in total. The molecule has 0 aliphatic rings. The highest BCUT2D eigenvalue weighted by atomic mass is 127. The molecule has 2 aromatic rings. The molecule has 0 aromatic heterocycles. The lowest BCUT2D eigenvalue weighted by atomic mass is 10.1. The number of hydrogen-bond acceptors (Lipinski definition) is 5. The Hall–Kier alpha value is -2.83. The van der Waals surface area contributed by atoms with E-state index in [1.165, 1.54) is 25.5 Å². The van der Waals surface area contributed by atoms with Gasteiger partial charge in [0.1, 0.15) is 0 Å². The number of ether oxygens (including phenoxy) is 2. The zero-order chi connectivity index (χ0) is 21.6. The summed E-state index contributed by atoms with van der Waals surface area (Å²) in [6.45, 7) is -0.549. The first kappa shape index (κ1) is 22.5. The zero-order valence-electron chi connectivity index (χ0n) is 14.8. The second-order valence-electron chi connectivity index (χ2n) is 5.49. The molecule has 154 valence electrons. The Morgan fingerprint density at radius 1 is 1.28 bits per heavy atom. The van der Waals surface area contributed by atoms with Crippen molar-refractivity contribution in [1.29, 1.82) is 0 Å². The predicted molar refractivity (Wildman–Crippen MR) is 105 cm³/mol. The Kier molecular flexibility index (Phi) is 7.42. The third-order valence-electron chi connectivity index (χ3n) is 3.42. The van der Waals surface area contributed by atoms with E-state index in [9.17, 15) is 22.8 Å². The number of hydrogen-bond donors (Lipinski definition) is 2. The fourth-order valence-corrected chi connectivity index (χ4v) is 2.94. The minimum atomic E-state index is -4.56. The number of benzene rings is 2. The molecule has 0 bridgehead atoms. The van der Waals surface area contributed by atoms with Crippen molar-refractivity contribution in [1.82, 2.24) is 5.43 Å². The normalized spacial score (nSPS) is 11.3. The Bertz CT molecular complexity index is 948. The van der Waals surface area contributed by atoms with Gasteiger partial charge in [-0.3, -0.25) is 4.79 Å². The number of aliphatic carboxylic acids is 1. The van der Waals surface area contributed by atoms with E-state index in [-0.39, 0.29) is 17.1 Å². The van der Waals surface area contributed by atoms with Crippen LogP contribution in [-0.2, 0) is 11.0 Å². The van der Waals surface area contributed by atoms with Crippen LogP contribution < -0.4 is 14.9 Å².